The minimum atomic E-state index is -0.520. The zero-order valence-corrected chi connectivity index (χ0v) is 24.1. The number of anilines is 1. The molecular weight excluding hydrogens is 546 g/mol. The molecule has 0 aliphatic heterocycles. The molecule has 2 heterocycles. The molecule has 214 valence electrons. The van der Waals surface area contributed by atoms with Crippen LogP contribution in [0.15, 0.2) is 51.7 Å². The molecule has 5 rings (SSSR count). The molecule has 2 aromatic carbocycles. The van der Waals surface area contributed by atoms with Gasteiger partial charge < -0.3 is 28.7 Å². The van der Waals surface area contributed by atoms with Gasteiger partial charge in [0.2, 0.25) is 11.2 Å². The van der Waals surface area contributed by atoms with Crippen molar-refractivity contribution in [3.8, 4) is 28.6 Å². The fraction of sp³-hybridized carbons (Fsp3) is 0.323. The van der Waals surface area contributed by atoms with Gasteiger partial charge in [-0.05, 0) is 68.0 Å². The quantitative estimate of drug-likeness (QED) is 0.246. The van der Waals surface area contributed by atoms with E-state index in [1.165, 1.54) is 25.6 Å². The molecular formula is C31H31NO8S. The average molecular weight is 578 g/mol. The van der Waals surface area contributed by atoms with Crippen LogP contribution in [0.5, 0.6) is 17.2 Å². The van der Waals surface area contributed by atoms with E-state index in [2.05, 4.69) is 12.2 Å². The van der Waals surface area contributed by atoms with Crippen LogP contribution in [0.25, 0.3) is 22.3 Å². The number of rotatable bonds is 9. The lowest BCUT2D eigenvalue weighted by atomic mass is 9.88. The van der Waals surface area contributed by atoms with Crippen molar-refractivity contribution >= 4 is 39.2 Å². The first-order valence-corrected chi connectivity index (χ1v) is 14.2. The highest BCUT2D eigenvalue weighted by Crippen LogP contribution is 2.40. The van der Waals surface area contributed by atoms with Gasteiger partial charge in [-0.1, -0.05) is 19.1 Å². The maximum absolute atomic E-state index is 13.5. The minimum absolute atomic E-state index is 0.115. The van der Waals surface area contributed by atoms with Gasteiger partial charge in [0.25, 0.3) is 5.91 Å². The normalized spacial score (nSPS) is 14.3. The van der Waals surface area contributed by atoms with Crippen molar-refractivity contribution in [3.05, 3.63) is 68.7 Å². The smallest absolute Gasteiger partial charge is 0.341 e. The van der Waals surface area contributed by atoms with Crippen LogP contribution < -0.4 is 25.0 Å². The van der Waals surface area contributed by atoms with Gasteiger partial charge in [0, 0.05) is 10.4 Å². The number of nitrogens with one attached hydrogen (secondary N) is 1. The van der Waals surface area contributed by atoms with E-state index in [9.17, 15) is 14.4 Å². The number of carbonyl (C=O) groups is 2. The van der Waals surface area contributed by atoms with Gasteiger partial charge in [-0.15, -0.1) is 11.3 Å². The van der Waals surface area contributed by atoms with E-state index in [0.29, 0.717) is 44.5 Å². The lowest BCUT2D eigenvalue weighted by molar-refractivity contribution is -0.118. The van der Waals surface area contributed by atoms with Crippen LogP contribution in [-0.4, -0.2) is 39.3 Å². The van der Waals surface area contributed by atoms with Crippen LogP contribution in [0, 0.1) is 5.92 Å². The monoisotopic (exact) mass is 577 g/mol. The minimum Gasteiger partial charge on any atom is -0.493 e. The molecule has 0 saturated carbocycles. The number of carbonyl (C=O) groups excluding carboxylic acids is 2. The number of methoxy groups -OCH3 is 2. The molecule has 1 unspecified atom stereocenters. The van der Waals surface area contributed by atoms with Gasteiger partial charge in [0.15, 0.2) is 23.9 Å². The van der Waals surface area contributed by atoms with Crippen molar-refractivity contribution in [1.82, 2.24) is 0 Å². The average Bonchev–Trinajstić information content (AvgIpc) is 3.32. The summed E-state index contributed by atoms with van der Waals surface area (Å²) >= 11 is 1.39. The van der Waals surface area contributed by atoms with E-state index in [1.54, 1.807) is 49.4 Å². The molecule has 1 amide bonds. The number of thiophene rings is 1. The Hall–Kier alpha value is -4.31. The van der Waals surface area contributed by atoms with E-state index >= 15 is 0 Å². The Morgan fingerprint density at radius 2 is 1.88 bits per heavy atom. The van der Waals surface area contributed by atoms with Crippen molar-refractivity contribution in [3.63, 3.8) is 0 Å². The molecule has 1 atom stereocenters. The van der Waals surface area contributed by atoms with Crippen LogP contribution in [0.4, 0.5) is 5.00 Å². The maximum Gasteiger partial charge on any atom is 0.341 e. The standard InChI is InChI=1S/C31H31NO8S/c1-5-38-31(35)26-20-12-10-17(2)14-24(20)41-30(26)32-25(33)16-39-29-27(34)19-8-6-7-9-21(19)40-28(29)18-11-13-22(36-3)23(15-18)37-4/h6-9,11,13,15,17H,5,10,12,14,16H2,1-4H3,(H,32,33). The summed E-state index contributed by atoms with van der Waals surface area (Å²) in [5, 5.41) is 3.57. The van der Waals surface area contributed by atoms with E-state index in [0.717, 1.165) is 29.7 Å². The Morgan fingerprint density at radius 1 is 1.10 bits per heavy atom. The largest absolute Gasteiger partial charge is 0.493 e. The van der Waals surface area contributed by atoms with Crippen LogP contribution in [0.3, 0.4) is 0 Å². The van der Waals surface area contributed by atoms with Gasteiger partial charge in [0.1, 0.15) is 10.6 Å². The zero-order chi connectivity index (χ0) is 29.1. The number of esters is 1. The van der Waals surface area contributed by atoms with Gasteiger partial charge in [-0.25, -0.2) is 4.79 Å². The summed E-state index contributed by atoms with van der Waals surface area (Å²) in [4.78, 5) is 40.6. The molecule has 1 aliphatic rings. The molecule has 41 heavy (non-hydrogen) atoms. The van der Waals surface area contributed by atoms with Gasteiger partial charge in [-0.3, -0.25) is 9.59 Å². The molecule has 10 heteroatoms. The number of hydrogen-bond acceptors (Lipinski definition) is 9. The first kappa shape index (κ1) is 28.2. The predicted octanol–water partition coefficient (Wildman–Crippen LogP) is 5.86. The van der Waals surface area contributed by atoms with Crippen molar-refractivity contribution in [1.29, 1.82) is 0 Å². The molecule has 1 N–H and O–H groups in total. The summed E-state index contributed by atoms with van der Waals surface area (Å²) in [5.74, 6) is 0.491. The van der Waals surface area contributed by atoms with Crippen LogP contribution >= 0.6 is 11.3 Å². The van der Waals surface area contributed by atoms with E-state index in [-0.39, 0.29) is 18.1 Å². The number of fused-ring (bicyclic) bond motifs is 2. The molecule has 0 radical (unpaired) electrons. The molecule has 0 bridgehead atoms. The first-order chi connectivity index (χ1) is 19.8. The lowest BCUT2D eigenvalue weighted by Gasteiger charge is -2.18. The van der Waals surface area contributed by atoms with Crippen molar-refractivity contribution in [2.75, 3.05) is 32.8 Å². The van der Waals surface area contributed by atoms with Gasteiger partial charge in [-0.2, -0.15) is 0 Å². The van der Waals surface area contributed by atoms with Gasteiger partial charge >= 0.3 is 5.97 Å². The highest BCUT2D eigenvalue weighted by atomic mass is 32.1. The molecule has 9 nitrogen and oxygen atoms in total. The zero-order valence-electron chi connectivity index (χ0n) is 23.3. The highest BCUT2D eigenvalue weighted by Gasteiger charge is 2.29. The first-order valence-electron chi connectivity index (χ1n) is 13.4. The fourth-order valence-electron chi connectivity index (χ4n) is 4.98. The number of ether oxygens (including phenoxy) is 4. The molecule has 0 saturated heterocycles. The molecule has 1 aliphatic carbocycles. The van der Waals surface area contributed by atoms with Crippen LogP contribution in [0.2, 0.25) is 0 Å². The van der Waals surface area contributed by atoms with E-state index in [1.807, 2.05) is 0 Å². The van der Waals surface area contributed by atoms with E-state index < -0.39 is 23.9 Å². The Morgan fingerprint density at radius 3 is 2.63 bits per heavy atom. The fourth-order valence-corrected chi connectivity index (χ4v) is 6.40. The summed E-state index contributed by atoms with van der Waals surface area (Å²) in [6.07, 6.45) is 2.55. The molecule has 0 spiro atoms. The molecule has 0 fully saturated rings. The number of benzene rings is 2. The number of para-hydroxylation sites is 1. The SMILES string of the molecule is CCOC(=O)c1c(NC(=O)COc2c(-c3ccc(OC)c(OC)c3)oc3ccccc3c2=O)sc2c1CCC(C)C2. The topological polar surface area (TPSA) is 113 Å². The molecule has 2 aromatic heterocycles. The Bertz CT molecular complexity index is 1670. The van der Waals surface area contributed by atoms with Crippen molar-refractivity contribution in [2.45, 2.75) is 33.1 Å². The second-order valence-electron chi connectivity index (χ2n) is 9.77. The van der Waals surface area contributed by atoms with Crippen LogP contribution in [0.1, 0.15) is 41.1 Å². The summed E-state index contributed by atoms with van der Waals surface area (Å²) in [5.41, 5.74) is 1.80. The van der Waals surface area contributed by atoms with Crippen molar-refractivity contribution < 1.29 is 33.0 Å². The number of hydrogen-bond donors (Lipinski definition) is 1. The third-order valence-corrected chi connectivity index (χ3v) is 8.16. The van der Waals surface area contributed by atoms with Crippen molar-refractivity contribution in [2.24, 2.45) is 5.92 Å². The third kappa shape index (κ3) is 5.65. The Labute approximate surface area is 241 Å². The Kier molecular flexibility index (Phi) is 8.30. The summed E-state index contributed by atoms with van der Waals surface area (Å²) in [6, 6.07) is 11.9. The second-order valence-corrected chi connectivity index (χ2v) is 10.9. The predicted molar refractivity (Wildman–Crippen MR) is 157 cm³/mol. The molecule has 4 aromatic rings. The summed E-state index contributed by atoms with van der Waals surface area (Å²) in [6.45, 7) is 3.66. The third-order valence-electron chi connectivity index (χ3n) is 6.99. The lowest BCUT2D eigenvalue weighted by Crippen LogP contribution is -2.23. The number of amides is 1. The van der Waals surface area contributed by atoms with E-state index in [4.69, 9.17) is 23.4 Å². The highest BCUT2D eigenvalue weighted by molar-refractivity contribution is 7.17. The second kappa shape index (κ2) is 12.1. The van der Waals surface area contributed by atoms with Gasteiger partial charge in [0.05, 0.1) is 31.8 Å². The van der Waals surface area contributed by atoms with Crippen LogP contribution in [-0.2, 0) is 22.4 Å². The summed E-state index contributed by atoms with van der Waals surface area (Å²) < 4.78 is 28.0. The summed E-state index contributed by atoms with van der Waals surface area (Å²) in [7, 11) is 3.03. The Balaban J connectivity index is 1.46. The maximum atomic E-state index is 13.5.